The van der Waals surface area contributed by atoms with E-state index < -0.39 is 0 Å². The molecule has 8 heteroatoms. The molecule has 0 aliphatic carbocycles. The summed E-state index contributed by atoms with van der Waals surface area (Å²) in [5.74, 6) is 1.81. The Kier molecular flexibility index (Phi) is 6.30. The lowest BCUT2D eigenvalue weighted by Crippen LogP contribution is -2.14. The van der Waals surface area contributed by atoms with Crippen LogP contribution in [0.5, 0.6) is 5.75 Å². The number of carbonyl (C=O) groups is 1. The first-order valence-corrected chi connectivity index (χ1v) is 10.1. The van der Waals surface area contributed by atoms with Gasteiger partial charge in [0.1, 0.15) is 5.75 Å². The number of benzene rings is 1. The Hall–Kier alpha value is -2.32. The second-order valence-corrected chi connectivity index (χ2v) is 7.39. The van der Waals surface area contributed by atoms with Crippen LogP contribution < -0.4 is 10.1 Å². The molecular weight excluding hydrogens is 368 g/mol. The topological polar surface area (TPSA) is 69.0 Å². The van der Waals surface area contributed by atoms with Crippen LogP contribution in [-0.4, -0.2) is 33.5 Å². The zero-order chi connectivity index (χ0) is 18.4. The molecule has 0 unspecified atom stereocenters. The van der Waals surface area contributed by atoms with Gasteiger partial charge in [-0.2, -0.15) is 0 Å². The van der Waals surface area contributed by atoms with Crippen molar-refractivity contribution >= 4 is 34.7 Å². The normalized spacial score (nSPS) is 10.7. The van der Waals surface area contributed by atoms with Crippen LogP contribution in [0.15, 0.2) is 46.9 Å². The Bertz CT molecular complexity index is 845. The van der Waals surface area contributed by atoms with Crippen molar-refractivity contribution in [3.8, 4) is 16.5 Å². The fourth-order valence-corrected chi connectivity index (χ4v) is 3.89. The van der Waals surface area contributed by atoms with Gasteiger partial charge in [0.2, 0.25) is 5.91 Å². The Morgan fingerprint density at radius 1 is 1.27 bits per heavy atom. The number of hydrogen-bond donors (Lipinski definition) is 1. The van der Waals surface area contributed by atoms with Gasteiger partial charge in [0.15, 0.2) is 11.0 Å². The molecule has 0 atom stereocenters. The first kappa shape index (κ1) is 18.5. The van der Waals surface area contributed by atoms with Crippen LogP contribution in [0.3, 0.4) is 0 Å². The fourth-order valence-electron chi connectivity index (χ4n) is 2.41. The van der Waals surface area contributed by atoms with Crippen LogP contribution in [0.2, 0.25) is 0 Å². The minimum Gasteiger partial charge on any atom is -0.497 e. The average Bonchev–Trinajstić information content (AvgIpc) is 3.31. The number of thioether (sulfide) groups is 1. The van der Waals surface area contributed by atoms with Crippen LogP contribution in [0.1, 0.15) is 13.3 Å². The first-order chi connectivity index (χ1) is 12.7. The monoisotopic (exact) mass is 388 g/mol. The van der Waals surface area contributed by atoms with Crippen molar-refractivity contribution in [1.29, 1.82) is 0 Å². The maximum atomic E-state index is 12.2. The molecule has 0 aliphatic heterocycles. The van der Waals surface area contributed by atoms with Crippen LogP contribution >= 0.6 is 23.1 Å². The van der Waals surface area contributed by atoms with E-state index in [0.717, 1.165) is 40.3 Å². The van der Waals surface area contributed by atoms with Crippen molar-refractivity contribution in [2.75, 3.05) is 18.2 Å². The summed E-state index contributed by atoms with van der Waals surface area (Å²) in [4.78, 5) is 13.3. The lowest BCUT2D eigenvalue weighted by Gasteiger charge is -2.08. The van der Waals surface area contributed by atoms with Crippen LogP contribution in [0.4, 0.5) is 5.69 Å². The molecule has 136 valence electrons. The van der Waals surface area contributed by atoms with Crippen molar-refractivity contribution in [3.63, 3.8) is 0 Å². The van der Waals surface area contributed by atoms with Gasteiger partial charge < -0.3 is 14.6 Å². The molecule has 1 amide bonds. The first-order valence-electron chi connectivity index (χ1n) is 8.25. The van der Waals surface area contributed by atoms with E-state index in [1.54, 1.807) is 18.4 Å². The number of aromatic nitrogens is 3. The molecule has 0 aliphatic rings. The van der Waals surface area contributed by atoms with Gasteiger partial charge in [-0.1, -0.05) is 24.8 Å². The third-order valence-electron chi connectivity index (χ3n) is 3.61. The highest BCUT2D eigenvalue weighted by Crippen LogP contribution is 2.27. The van der Waals surface area contributed by atoms with Crippen molar-refractivity contribution in [3.05, 3.63) is 41.8 Å². The number of anilines is 1. The van der Waals surface area contributed by atoms with Crippen molar-refractivity contribution in [2.45, 2.75) is 25.0 Å². The highest BCUT2D eigenvalue weighted by molar-refractivity contribution is 7.99. The van der Waals surface area contributed by atoms with Gasteiger partial charge in [-0.15, -0.1) is 21.5 Å². The molecule has 0 spiro atoms. The molecular formula is C18H20N4O2S2. The third kappa shape index (κ3) is 4.44. The number of carbonyl (C=O) groups excluding carboxylic acids is 1. The summed E-state index contributed by atoms with van der Waals surface area (Å²) in [6.45, 7) is 2.94. The van der Waals surface area contributed by atoms with Crippen LogP contribution in [0.25, 0.3) is 10.7 Å². The Labute approximate surface area is 160 Å². The van der Waals surface area contributed by atoms with Gasteiger partial charge in [0.05, 0.1) is 17.7 Å². The van der Waals surface area contributed by atoms with Crippen molar-refractivity contribution in [1.82, 2.24) is 14.8 Å². The van der Waals surface area contributed by atoms with Gasteiger partial charge in [0.25, 0.3) is 0 Å². The van der Waals surface area contributed by atoms with Gasteiger partial charge in [-0.25, -0.2) is 0 Å². The number of thiophene rings is 1. The molecule has 26 heavy (non-hydrogen) atoms. The fraction of sp³-hybridized carbons (Fsp3) is 0.278. The summed E-state index contributed by atoms with van der Waals surface area (Å²) in [6.07, 6.45) is 0.974. The quantitative estimate of drug-likeness (QED) is 0.587. The SMILES string of the molecule is CCCn1c(SCC(=O)Nc2ccc(OC)cc2)nnc1-c1cccs1. The molecule has 1 N–H and O–H groups in total. The van der Waals surface area contributed by atoms with Gasteiger partial charge in [-0.05, 0) is 42.1 Å². The summed E-state index contributed by atoms with van der Waals surface area (Å²) < 4.78 is 7.20. The Morgan fingerprint density at radius 3 is 2.73 bits per heavy atom. The highest BCUT2D eigenvalue weighted by atomic mass is 32.2. The molecule has 0 saturated carbocycles. The maximum absolute atomic E-state index is 12.2. The second-order valence-electron chi connectivity index (χ2n) is 5.50. The predicted octanol–water partition coefficient (Wildman–Crippen LogP) is 4.16. The van der Waals surface area contributed by atoms with Gasteiger partial charge in [-0.3, -0.25) is 4.79 Å². The number of nitrogens with zero attached hydrogens (tertiary/aromatic N) is 3. The zero-order valence-electron chi connectivity index (χ0n) is 14.6. The predicted molar refractivity (Wildman–Crippen MR) is 106 cm³/mol. The molecule has 2 aromatic heterocycles. The molecule has 0 radical (unpaired) electrons. The van der Waals surface area contributed by atoms with E-state index >= 15 is 0 Å². The maximum Gasteiger partial charge on any atom is 0.234 e. The largest absolute Gasteiger partial charge is 0.497 e. The number of rotatable bonds is 8. The van der Waals surface area contributed by atoms with Crippen molar-refractivity contribution < 1.29 is 9.53 Å². The highest BCUT2D eigenvalue weighted by Gasteiger charge is 2.15. The lowest BCUT2D eigenvalue weighted by molar-refractivity contribution is -0.113. The standard InChI is InChI=1S/C18H20N4O2S2/c1-3-10-22-17(15-5-4-11-25-15)20-21-18(22)26-12-16(23)19-13-6-8-14(24-2)9-7-13/h4-9,11H,3,10,12H2,1-2H3,(H,19,23). The van der Waals surface area contributed by atoms with Crippen LogP contribution in [0, 0.1) is 0 Å². The summed E-state index contributed by atoms with van der Waals surface area (Å²) in [6, 6.07) is 11.3. The smallest absolute Gasteiger partial charge is 0.234 e. The van der Waals surface area contributed by atoms with E-state index in [-0.39, 0.29) is 11.7 Å². The molecule has 0 fully saturated rings. The van der Waals surface area contributed by atoms with Crippen molar-refractivity contribution in [2.24, 2.45) is 0 Å². The average molecular weight is 389 g/mol. The summed E-state index contributed by atoms with van der Waals surface area (Å²) in [7, 11) is 1.61. The minimum absolute atomic E-state index is 0.0797. The summed E-state index contributed by atoms with van der Waals surface area (Å²) >= 11 is 3.03. The summed E-state index contributed by atoms with van der Waals surface area (Å²) in [5.41, 5.74) is 0.741. The van der Waals surface area contributed by atoms with Gasteiger partial charge in [0, 0.05) is 12.2 Å². The summed E-state index contributed by atoms with van der Waals surface area (Å²) in [5, 5.41) is 14.3. The number of ether oxygens (including phenoxy) is 1. The third-order valence-corrected chi connectivity index (χ3v) is 5.44. The molecule has 0 saturated heterocycles. The van der Waals surface area contributed by atoms with E-state index in [4.69, 9.17) is 4.74 Å². The van der Waals surface area contributed by atoms with Crippen LogP contribution in [-0.2, 0) is 11.3 Å². The molecule has 2 heterocycles. The van der Waals surface area contributed by atoms with E-state index in [1.807, 2.05) is 41.8 Å². The molecule has 3 aromatic rings. The lowest BCUT2D eigenvalue weighted by atomic mass is 10.3. The Morgan fingerprint density at radius 2 is 2.08 bits per heavy atom. The molecule has 6 nitrogen and oxygen atoms in total. The van der Waals surface area contributed by atoms with E-state index in [2.05, 4.69) is 27.0 Å². The van der Waals surface area contributed by atoms with Gasteiger partial charge >= 0.3 is 0 Å². The second kappa shape index (κ2) is 8.86. The Balaban J connectivity index is 1.64. The minimum atomic E-state index is -0.0797. The molecule has 3 rings (SSSR count). The number of hydrogen-bond acceptors (Lipinski definition) is 6. The van der Waals surface area contributed by atoms with E-state index in [0.29, 0.717) is 0 Å². The number of amides is 1. The molecule has 1 aromatic carbocycles. The zero-order valence-corrected chi connectivity index (χ0v) is 16.3. The van der Waals surface area contributed by atoms with E-state index in [1.165, 1.54) is 11.8 Å². The number of methoxy groups -OCH3 is 1. The number of nitrogens with one attached hydrogen (secondary N) is 1. The molecule has 0 bridgehead atoms. The van der Waals surface area contributed by atoms with E-state index in [9.17, 15) is 4.79 Å².